The van der Waals surface area contributed by atoms with Crippen molar-refractivity contribution in [3.8, 4) is 0 Å². The van der Waals surface area contributed by atoms with Crippen molar-refractivity contribution < 1.29 is 4.79 Å². The molecule has 2 aliphatic rings. The Labute approximate surface area is 195 Å². The molecule has 164 valence electrons. The molecule has 1 amide bonds. The minimum atomic E-state index is -0.0451. The molecular formula is C25H30ClN3OS. The first-order chi connectivity index (χ1) is 14.9. The summed E-state index contributed by atoms with van der Waals surface area (Å²) in [5.41, 5.74) is 3.77. The van der Waals surface area contributed by atoms with E-state index in [1.807, 2.05) is 37.4 Å². The molecule has 0 radical (unpaired) electrons. The summed E-state index contributed by atoms with van der Waals surface area (Å²) < 4.78 is 1.74. The second kappa shape index (κ2) is 9.68. The van der Waals surface area contributed by atoms with Crippen molar-refractivity contribution in [3.63, 3.8) is 0 Å². The standard InChI is InChI=1S/C25H30ClN3OS/c1-16-10-19(16)7-6-18-11-20(15-22(13-18)29(2)31)25(30)28-23-8-9-27-24(23)14-17-4-3-5-21(26)12-17/h3-7,11-13,15-16,19,23-24,27,31H,8-10,14H2,1-2H3,(H,28,30)/b7-6-/t16?,19-,23+,24?/m0/s1. The Balaban J connectivity index is 1.47. The summed E-state index contributed by atoms with van der Waals surface area (Å²) in [6, 6.07) is 14.1. The number of carbonyl (C=O) groups is 1. The number of benzene rings is 2. The van der Waals surface area contributed by atoms with E-state index in [2.05, 4.69) is 54.7 Å². The molecule has 4 rings (SSSR count). The molecule has 1 saturated carbocycles. The molecule has 2 aromatic carbocycles. The number of anilines is 1. The number of allylic oxidation sites excluding steroid dienone is 1. The first-order valence-electron chi connectivity index (χ1n) is 10.9. The van der Waals surface area contributed by atoms with Gasteiger partial charge in [-0.1, -0.05) is 55.6 Å². The Morgan fingerprint density at radius 2 is 2.13 bits per heavy atom. The van der Waals surface area contributed by atoms with Crippen molar-refractivity contribution >= 4 is 42.1 Å². The Morgan fingerprint density at radius 1 is 1.32 bits per heavy atom. The van der Waals surface area contributed by atoms with E-state index in [1.54, 1.807) is 4.31 Å². The Morgan fingerprint density at radius 3 is 2.84 bits per heavy atom. The smallest absolute Gasteiger partial charge is 0.251 e. The van der Waals surface area contributed by atoms with Crippen molar-refractivity contribution in [2.24, 2.45) is 11.8 Å². The molecule has 0 aromatic heterocycles. The summed E-state index contributed by atoms with van der Waals surface area (Å²) in [7, 11) is 1.87. The molecule has 2 aromatic rings. The first kappa shape index (κ1) is 22.3. The highest BCUT2D eigenvalue weighted by molar-refractivity contribution is 7.81. The Hall–Kier alpha value is -1.95. The molecule has 1 saturated heterocycles. The average Bonchev–Trinajstić information content (AvgIpc) is 3.28. The second-order valence-electron chi connectivity index (χ2n) is 8.84. The van der Waals surface area contributed by atoms with E-state index in [1.165, 1.54) is 12.0 Å². The van der Waals surface area contributed by atoms with Crippen LogP contribution in [0.2, 0.25) is 5.02 Å². The molecule has 2 fully saturated rings. The van der Waals surface area contributed by atoms with Crippen LogP contribution in [-0.4, -0.2) is 31.6 Å². The number of carbonyl (C=O) groups excluding carboxylic acids is 1. The van der Waals surface area contributed by atoms with Crippen LogP contribution in [0.3, 0.4) is 0 Å². The van der Waals surface area contributed by atoms with Crippen LogP contribution in [0.4, 0.5) is 5.69 Å². The summed E-state index contributed by atoms with van der Waals surface area (Å²) in [4.78, 5) is 13.2. The fourth-order valence-corrected chi connectivity index (χ4v) is 4.56. The SMILES string of the molecule is CC1C[C@@H]1/C=C\c1cc(C(=O)N[C@@H]2CCNC2Cc2cccc(Cl)c2)cc(N(C)S)c1. The summed E-state index contributed by atoms with van der Waals surface area (Å²) in [5, 5.41) is 7.52. The van der Waals surface area contributed by atoms with E-state index in [0.29, 0.717) is 11.5 Å². The van der Waals surface area contributed by atoms with Crippen LogP contribution in [0.5, 0.6) is 0 Å². The van der Waals surface area contributed by atoms with E-state index in [-0.39, 0.29) is 18.0 Å². The fraction of sp³-hybridized carbons (Fsp3) is 0.400. The zero-order valence-electron chi connectivity index (χ0n) is 18.0. The molecule has 4 atom stereocenters. The largest absolute Gasteiger partial charge is 0.348 e. The highest BCUT2D eigenvalue weighted by Gasteiger charge is 2.30. The number of thiol groups is 1. The second-order valence-corrected chi connectivity index (χ2v) is 9.87. The maximum atomic E-state index is 13.2. The van der Waals surface area contributed by atoms with Crippen LogP contribution in [0.1, 0.15) is 41.3 Å². The van der Waals surface area contributed by atoms with Crippen LogP contribution in [-0.2, 0) is 6.42 Å². The average molecular weight is 456 g/mol. The normalized spacial score (nSPS) is 25.0. The lowest BCUT2D eigenvalue weighted by atomic mass is 10.00. The molecule has 2 N–H and O–H groups in total. The lowest BCUT2D eigenvalue weighted by Crippen LogP contribution is -2.44. The minimum Gasteiger partial charge on any atom is -0.348 e. The summed E-state index contributed by atoms with van der Waals surface area (Å²) in [5.74, 6) is 1.38. The third-order valence-electron chi connectivity index (χ3n) is 6.29. The summed E-state index contributed by atoms with van der Waals surface area (Å²) in [6.07, 6.45) is 7.38. The van der Waals surface area contributed by atoms with Gasteiger partial charge in [0.15, 0.2) is 0 Å². The minimum absolute atomic E-state index is 0.0451. The predicted molar refractivity (Wildman–Crippen MR) is 133 cm³/mol. The van der Waals surface area contributed by atoms with E-state index < -0.39 is 0 Å². The zero-order chi connectivity index (χ0) is 22.0. The van der Waals surface area contributed by atoms with Gasteiger partial charge >= 0.3 is 0 Å². The fourth-order valence-electron chi connectivity index (χ4n) is 4.23. The number of rotatable bonds is 7. The van der Waals surface area contributed by atoms with Crippen molar-refractivity contribution in [1.82, 2.24) is 10.6 Å². The molecule has 2 unspecified atom stereocenters. The van der Waals surface area contributed by atoms with Crippen LogP contribution in [0.15, 0.2) is 48.5 Å². The van der Waals surface area contributed by atoms with Crippen LogP contribution in [0, 0.1) is 11.8 Å². The van der Waals surface area contributed by atoms with Gasteiger partial charge in [-0.2, -0.15) is 0 Å². The van der Waals surface area contributed by atoms with Gasteiger partial charge in [0.05, 0.1) is 0 Å². The Kier molecular flexibility index (Phi) is 6.95. The highest BCUT2D eigenvalue weighted by Crippen LogP contribution is 2.39. The van der Waals surface area contributed by atoms with Crippen LogP contribution >= 0.6 is 24.4 Å². The van der Waals surface area contributed by atoms with Gasteiger partial charge in [-0.25, -0.2) is 0 Å². The van der Waals surface area contributed by atoms with Crippen LogP contribution < -0.4 is 14.9 Å². The third kappa shape index (κ3) is 5.85. The van der Waals surface area contributed by atoms with Gasteiger partial charge in [0.1, 0.15) is 0 Å². The van der Waals surface area contributed by atoms with E-state index in [0.717, 1.165) is 41.6 Å². The highest BCUT2D eigenvalue weighted by atomic mass is 35.5. The van der Waals surface area contributed by atoms with Gasteiger partial charge in [-0.3, -0.25) is 4.79 Å². The monoisotopic (exact) mass is 455 g/mol. The van der Waals surface area contributed by atoms with Gasteiger partial charge in [-0.15, -0.1) is 0 Å². The quantitative estimate of drug-likeness (QED) is 0.515. The van der Waals surface area contributed by atoms with Crippen molar-refractivity contribution in [2.75, 3.05) is 17.9 Å². The zero-order valence-corrected chi connectivity index (χ0v) is 19.7. The number of amides is 1. The molecule has 0 spiro atoms. The topological polar surface area (TPSA) is 44.4 Å². The van der Waals surface area contributed by atoms with Crippen LogP contribution in [0.25, 0.3) is 6.08 Å². The number of halogens is 1. The molecule has 1 heterocycles. The number of nitrogens with zero attached hydrogens (tertiary/aromatic N) is 1. The molecule has 6 heteroatoms. The molecule has 31 heavy (non-hydrogen) atoms. The molecule has 1 aliphatic carbocycles. The number of hydrogen-bond acceptors (Lipinski definition) is 4. The Bertz CT molecular complexity index is 977. The van der Waals surface area contributed by atoms with E-state index in [9.17, 15) is 4.79 Å². The molecule has 1 aliphatic heterocycles. The van der Waals surface area contributed by atoms with Gasteiger partial charge in [-0.05, 0) is 79.1 Å². The lowest BCUT2D eigenvalue weighted by molar-refractivity contribution is 0.0933. The van der Waals surface area contributed by atoms with Crippen molar-refractivity contribution in [3.05, 3.63) is 70.3 Å². The van der Waals surface area contributed by atoms with Gasteiger partial charge in [0, 0.05) is 35.4 Å². The van der Waals surface area contributed by atoms with Gasteiger partial charge in [0.2, 0.25) is 0 Å². The molecular weight excluding hydrogens is 426 g/mol. The maximum Gasteiger partial charge on any atom is 0.251 e. The number of nitrogens with one attached hydrogen (secondary N) is 2. The van der Waals surface area contributed by atoms with E-state index in [4.69, 9.17) is 11.6 Å². The predicted octanol–water partition coefficient (Wildman–Crippen LogP) is 4.99. The van der Waals surface area contributed by atoms with Crippen molar-refractivity contribution in [1.29, 1.82) is 0 Å². The number of hydrogen-bond donors (Lipinski definition) is 3. The van der Waals surface area contributed by atoms with Gasteiger partial charge < -0.3 is 14.9 Å². The third-order valence-corrected chi connectivity index (χ3v) is 6.76. The molecule has 4 nitrogen and oxygen atoms in total. The lowest BCUT2D eigenvalue weighted by Gasteiger charge is -2.22. The van der Waals surface area contributed by atoms with Gasteiger partial charge in [0.25, 0.3) is 5.91 Å². The van der Waals surface area contributed by atoms with Crippen molar-refractivity contribution in [2.45, 2.75) is 38.3 Å². The summed E-state index contributed by atoms with van der Waals surface area (Å²) >= 11 is 10.6. The summed E-state index contributed by atoms with van der Waals surface area (Å²) in [6.45, 7) is 3.16. The maximum absolute atomic E-state index is 13.2. The first-order valence-corrected chi connectivity index (χ1v) is 11.7. The van der Waals surface area contributed by atoms with E-state index >= 15 is 0 Å². The molecule has 0 bridgehead atoms.